The number of amides is 1. The minimum absolute atomic E-state index is 0.133. The third-order valence-electron chi connectivity index (χ3n) is 4.21. The first kappa shape index (κ1) is 14.0. The Balaban J connectivity index is 1.95. The molecule has 21 heavy (non-hydrogen) atoms. The molecule has 2 heterocycles. The van der Waals surface area contributed by atoms with E-state index in [-0.39, 0.29) is 5.91 Å². The van der Waals surface area contributed by atoms with Crippen LogP contribution in [0.1, 0.15) is 29.6 Å². The molecule has 2 aromatic rings. The summed E-state index contributed by atoms with van der Waals surface area (Å²) in [7, 11) is 1.94. The van der Waals surface area contributed by atoms with Gasteiger partial charge in [0.2, 0.25) is 0 Å². The predicted molar refractivity (Wildman–Crippen MR) is 84.3 cm³/mol. The van der Waals surface area contributed by atoms with Crippen molar-refractivity contribution in [2.45, 2.75) is 25.3 Å². The number of likely N-dealkylation sites (N-methyl/N-ethyl adjacent to an activating group) is 1. The molecule has 0 bridgehead atoms. The Morgan fingerprint density at radius 2 is 2.19 bits per heavy atom. The van der Waals surface area contributed by atoms with E-state index >= 15 is 0 Å². The standard InChI is InChI=1S/C17H21N3O/c1-18-12-13-6-4-5-11-20(13)17(21)15-9-10-19-16-8-3-2-7-14(15)16/h2-3,7-10,13,18H,4-6,11-12H2,1H3. The summed E-state index contributed by atoms with van der Waals surface area (Å²) in [5, 5.41) is 4.15. The van der Waals surface area contributed by atoms with Crippen molar-refractivity contribution in [2.75, 3.05) is 20.1 Å². The summed E-state index contributed by atoms with van der Waals surface area (Å²) >= 11 is 0. The van der Waals surface area contributed by atoms with Crippen LogP contribution in [0.5, 0.6) is 0 Å². The fraction of sp³-hybridized carbons (Fsp3) is 0.412. The molecule has 3 rings (SSSR count). The van der Waals surface area contributed by atoms with E-state index in [4.69, 9.17) is 0 Å². The van der Waals surface area contributed by atoms with Crippen LogP contribution in [-0.2, 0) is 0 Å². The van der Waals surface area contributed by atoms with E-state index in [2.05, 4.69) is 10.3 Å². The summed E-state index contributed by atoms with van der Waals surface area (Å²) in [4.78, 5) is 19.3. The number of benzene rings is 1. The zero-order chi connectivity index (χ0) is 14.7. The Morgan fingerprint density at radius 3 is 3.05 bits per heavy atom. The molecule has 1 aromatic heterocycles. The highest BCUT2D eigenvalue weighted by Crippen LogP contribution is 2.23. The summed E-state index contributed by atoms with van der Waals surface area (Å²) < 4.78 is 0. The summed E-state index contributed by atoms with van der Waals surface area (Å²) in [6.07, 6.45) is 5.10. The summed E-state index contributed by atoms with van der Waals surface area (Å²) in [5.41, 5.74) is 1.65. The molecule has 0 spiro atoms. The second-order valence-corrected chi connectivity index (χ2v) is 5.58. The zero-order valence-electron chi connectivity index (χ0n) is 12.4. The first-order valence-electron chi connectivity index (χ1n) is 7.60. The minimum Gasteiger partial charge on any atom is -0.334 e. The lowest BCUT2D eigenvalue weighted by Crippen LogP contribution is -2.48. The molecule has 1 N–H and O–H groups in total. The van der Waals surface area contributed by atoms with Gasteiger partial charge in [-0.1, -0.05) is 18.2 Å². The minimum atomic E-state index is 0.133. The van der Waals surface area contributed by atoms with E-state index in [9.17, 15) is 4.79 Å². The van der Waals surface area contributed by atoms with Gasteiger partial charge in [-0.05, 0) is 38.4 Å². The topological polar surface area (TPSA) is 45.2 Å². The number of hydrogen-bond acceptors (Lipinski definition) is 3. The average Bonchev–Trinajstić information content (AvgIpc) is 2.54. The largest absolute Gasteiger partial charge is 0.334 e. The fourth-order valence-corrected chi connectivity index (χ4v) is 3.15. The lowest BCUT2D eigenvalue weighted by Gasteiger charge is -2.36. The average molecular weight is 283 g/mol. The van der Waals surface area contributed by atoms with E-state index < -0.39 is 0 Å². The highest BCUT2D eigenvalue weighted by molar-refractivity contribution is 6.06. The lowest BCUT2D eigenvalue weighted by atomic mass is 9.99. The van der Waals surface area contributed by atoms with Gasteiger partial charge in [-0.25, -0.2) is 0 Å². The number of hydrogen-bond donors (Lipinski definition) is 1. The molecule has 110 valence electrons. The number of piperidine rings is 1. The molecule has 1 atom stereocenters. The second-order valence-electron chi connectivity index (χ2n) is 5.58. The van der Waals surface area contributed by atoms with Crippen LogP contribution < -0.4 is 5.32 Å². The van der Waals surface area contributed by atoms with Gasteiger partial charge in [0.1, 0.15) is 0 Å². The Morgan fingerprint density at radius 1 is 1.33 bits per heavy atom. The molecular weight excluding hydrogens is 262 g/mol. The summed E-state index contributed by atoms with van der Waals surface area (Å²) in [5.74, 6) is 0.133. The molecule has 4 heteroatoms. The highest BCUT2D eigenvalue weighted by Gasteiger charge is 2.27. The van der Waals surface area contributed by atoms with E-state index in [1.165, 1.54) is 6.42 Å². The van der Waals surface area contributed by atoms with Crippen molar-refractivity contribution in [3.8, 4) is 0 Å². The third kappa shape index (κ3) is 2.76. The Hall–Kier alpha value is -1.94. The van der Waals surface area contributed by atoms with Crippen LogP contribution in [0.25, 0.3) is 10.9 Å². The van der Waals surface area contributed by atoms with Crippen molar-refractivity contribution in [3.05, 3.63) is 42.1 Å². The normalized spacial score (nSPS) is 18.9. The van der Waals surface area contributed by atoms with E-state index in [1.54, 1.807) is 6.20 Å². The third-order valence-corrected chi connectivity index (χ3v) is 4.21. The molecule has 1 aliphatic heterocycles. The van der Waals surface area contributed by atoms with E-state index in [0.717, 1.165) is 42.4 Å². The Kier molecular flexibility index (Phi) is 4.15. The van der Waals surface area contributed by atoms with Gasteiger partial charge >= 0.3 is 0 Å². The van der Waals surface area contributed by atoms with Gasteiger partial charge in [0.15, 0.2) is 0 Å². The molecule has 0 aliphatic carbocycles. The number of aromatic nitrogens is 1. The molecule has 1 amide bonds. The smallest absolute Gasteiger partial charge is 0.254 e. The maximum Gasteiger partial charge on any atom is 0.254 e. The SMILES string of the molecule is CNCC1CCCCN1C(=O)c1ccnc2ccccc12. The first-order chi connectivity index (χ1) is 10.3. The maximum absolute atomic E-state index is 13.0. The quantitative estimate of drug-likeness (QED) is 0.941. The van der Waals surface area contributed by atoms with Crippen molar-refractivity contribution in [2.24, 2.45) is 0 Å². The molecule has 1 saturated heterocycles. The van der Waals surface area contributed by atoms with E-state index in [1.807, 2.05) is 42.3 Å². The number of pyridine rings is 1. The van der Waals surface area contributed by atoms with Crippen LogP contribution >= 0.6 is 0 Å². The molecule has 1 fully saturated rings. The van der Waals surface area contributed by atoms with Gasteiger partial charge in [0.05, 0.1) is 11.1 Å². The van der Waals surface area contributed by atoms with Gasteiger partial charge < -0.3 is 10.2 Å². The summed E-state index contributed by atoms with van der Waals surface area (Å²) in [6, 6.07) is 9.98. The molecule has 1 aliphatic rings. The number of para-hydroxylation sites is 1. The maximum atomic E-state index is 13.0. The molecule has 1 aromatic carbocycles. The van der Waals surface area contributed by atoms with Crippen molar-refractivity contribution in [1.82, 2.24) is 15.2 Å². The van der Waals surface area contributed by atoms with Crippen molar-refractivity contribution in [1.29, 1.82) is 0 Å². The molecule has 4 nitrogen and oxygen atoms in total. The van der Waals surface area contributed by atoms with Crippen LogP contribution in [0, 0.1) is 0 Å². The number of nitrogens with one attached hydrogen (secondary N) is 1. The van der Waals surface area contributed by atoms with E-state index in [0.29, 0.717) is 6.04 Å². The monoisotopic (exact) mass is 283 g/mol. The number of carbonyl (C=O) groups excluding carboxylic acids is 1. The zero-order valence-corrected chi connectivity index (χ0v) is 12.4. The van der Waals surface area contributed by atoms with Crippen LogP contribution in [-0.4, -0.2) is 42.0 Å². The van der Waals surface area contributed by atoms with Gasteiger partial charge in [0, 0.05) is 30.7 Å². The van der Waals surface area contributed by atoms with Gasteiger partial charge in [0.25, 0.3) is 5.91 Å². The number of rotatable bonds is 3. The van der Waals surface area contributed by atoms with Crippen LogP contribution in [0.2, 0.25) is 0 Å². The van der Waals surface area contributed by atoms with Gasteiger partial charge in [-0.2, -0.15) is 0 Å². The lowest BCUT2D eigenvalue weighted by molar-refractivity contribution is 0.0617. The number of nitrogens with zero attached hydrogens (tertiary/aromatic N) is 2. The van der Waals surface area contributed by atoms with Crippen molar-refractivity contribution >= 4 is 16.8 Å². The van der Waals surface area contributed by atoms with Gasteiger partial charge in [-0.3, -0.25) is 9.78 Å². The number of fused-ring (bicyclic) bond motifs is 1. The van der Waals surface area contributed by atoms with Crippen LogP contribution in [0.15, 0.2) is 36.5 Å². The first-order valence-corrected chi connectivity index (χ1v) is 7.60. The number of likely N-dealkylation sites (tertiary alicyclic amines) is 1. The van der Waals surface area contributed by atoms with Crippen molar-refractivity contribution in [3.63, 3.8) is 0 Å². The van der Waals surface area contributed by atoms with Crippen LogP contribution in [0.3, 0.4) is 0 Å². The molecular formula is C17H21N3O. The van der Waals surface area contributed by atoms with Crippen molar-refractivity contribution < 1.29 is 4.79 Å². The second kappa shape index (κ2) is 6.22. The Bertz CT molecular complexity index is 633. The van der Waals surface area contributed by atoms with Crippen LogP contribution in [0.4, 0.5) is 0 Å². The molecule has 0 saturated carbocycles. The fourth-order valence-electron chi connectivity index (χ4n) is 3.15. The number of carbonyl (C=O) groups is 1. The predicted octanol–water partition coefficient (Wildman–Crippen LogP) is 2.45. The highest BCUT2D eigenvalue weighted by atomic mass is 16.2. The molecule has 0 radical (unpaired) electrons. The summed E-state index contributed by atoms with van der Waals surface area (Å²) in [6.45, 7) is 1.70. The van der Waals surface area contributed by atoms with Gasteiger partial charge in [-0.15, -0.1) is 0 Å². The molecule has 1 unspecified atom stereocenters. The Labute approximate surface area is 125 Å².